The molecule has 0 saturated carbocycles. The van der Waals surface area contributed by atoms with E-state index < -0.39 is 0 Å². The molecule has 96 valence electrons. The summed E-state index contributed by atoms with van der Waals surface area (Å²) in [6, 6.07) is 6.17. The van der Waals surface area contributed by atoms with Crippen LogP contribution in [0, 0.1) is 6.92 Å². The molecule has 0 unspecified atom stereocenters. The second-order valence-corrected chi connectivity index (χ2v) is 5.37. The summed E-state index contributed by atoms with van der Waals surface area (Å²) in [6.07, 6.45) is 0.839. The lowest BCUT2D eigenvalue weighted by Crippen LogP contribution is -2.14. The predicted octanol–water partition coefficient (Wildman–Crippen LogP) is 3.70. The summed E-state index contributed by atoms with van der Waals surface area (Å²) < 4.78 is 5.19. The van der Waals surface area contributed by atoms with Gasteiger partial charge in [-0.25, -0.2) is 4.79 Å². The van der Waals surface area contributed by atoms with Crippen molar-refractivity contribution in [2.75, 3.05) is 11.9 Å². The Bertz CT molecular complexity index is 509. The second-order valence-electron chi connectivity index (χ2n) is 4.32. The number of rotatable bonds is 3. The Morgan fingerprint density at radius 3 is 2.89 bits per heavy atom. The fraction of sp³-hybridized carbons (Fsp3) is 0.357. The molecule has 0 aromatic heterocycles. The van der Waals surface area contributed by atoms with Crippen molar-refractivity contribution in [3.05, 3.63) is 34.4 Å². The van der Waals surface area contributed by atoms with Gasteiger partial charge in [-0.15, -0.1) is 0 Å². The Hall–Kier alpha value is -1.42. The molecule has 1 aliphatic heterocycles. The summed E-state index contributed by atoms with van der Waals surface area (Å²) in [6.45, 7) is 6.40. The van der Waals surface area contributed by atoms with Gasteiger partial charge in [-0.1, -0.05) is 24.8 Å². The third-order valence-corrected chi connectivity index (χ3v) is 3.87. The molecule has 1 heterocycles. The van der Waals surface area contributed by atoms with Crippen LogP contribution in [0.4, 0.5) is 5.69 Å². The highest BCUT2D eigenvalue weighted by molar-refractivity contribution is 8.04. The summed E-state index contributed by atoms with van der Waals surface area (Å²) in [4.78, 5) is 13.6. The number of hydrogen-bond acceptors (Lipinski definition) is 4. The Labute approximate surface area is 112 Å². The molecule has 18 heavy (non-hydrogen) atoms. The Kier molecular flexibility index (Phi) is 3.97. The Morgan fingerprint density at radius 1 is 1.39 bits per heavy atom. The number of thioether (sulfide) groups is 1. The molecule has 0 saturated heterocycles. The average Bonchev–Trinajstić information content (AvgIpc) is 2.35. The number of anilines is 1. The molecule has 2 rings (SSSR count). The summed E-state index contributed by atoms with van der Waals surface area (Å²) in [5.41, 5.74) is 3.09. The zero-order valence-corrected chi connectivity index (χ0v) is 11.7. The lowest BCUT2D eigenvalue weighted by Gasteiger charge is -2.21. The van der Waals surface area contributed by atoms with Gasteiger partial charge in [0, 0.05) is 10.6 Å². The number of esters is 1. The van der Waals surface area contributed by atoms with E-state index in [2.05, 4.69) is 17.4 Å². The van der Waals surface area contributed by atoms with E-state index >= 15 is 0 Å². The molecule has 0 bridgehead atoms. The maximum Gasteiger partial charge on any atom is 0.346 e. The molecule has 0 fully saturated rings. The first-order valence-corrected chi connectivity index (χ1v) is 6.87. The molecule has 0 spiro atoms. The van der Waals surface area contributed by atoms with Crippen molar-refractivity contribution in [1.82, 2.24) is 0 Å². The van der Waals surface area contributed by atoms with Gasteiger partial charge in [0.05, 0.1) is 12.3 Å². The molecule has 1 aliphatic rings. The lowest BCUT2D eigenvalue weighted by molar-refractivity contribution is -0.138. The third kappa shape index (κ3) is 2.70. The average molecular weight is 263 g/mol. The van der Waals surface area contributed by atoms with Crippen LogP contribution in [0.1, 0.15) is 25.8 Å². The maximum absolute atomic E-state index is 11.9. The zero-order valence-electron chi connectivity index (χ0n) is 10.9. The van der Waals surface area contributed by atoms with Gasteiger partial charge in [-0.05, 0) is 38.0 Å². The van der Waals surface area contributed by atoms with Crippen LogP contribution in [0.2, 0.25) is 0 Å². The summed E-state index contributed by atoms with van der Waals surface area (Å²) in [5, 5.41) is 3.25. The van der Waals surface area contributed by atoms with E-state index in [0.29, 0.717) is 11.5 Å². The van der Waals surface area contributed by atoms with Crippen molar-refractivity contribution in [2.24, 2.45) is 0 Å². The van der Waals surface area contributed by atoms with Gasteiger partial charge < -0.3 is 10.1 Å². The van der Waals surface area contributed by atoms with E-state index in [1.165, 1.54) is 17.3 Å². The molecular weight excluding hydrogens is 246 g/mol. The number of benzene rings is 1. The van der Waals surface area contributed by atoms with E-state index in [4.69, 9.17) is 4.74 Å². The maximum atomic E-state index is 11.9. The number of aryl methyl sites for hydroxylation is 1. The highest BCUT2D eigenvalue weighted by Crippen LogP contribution is 2.40. The van der Waals surface area contributed by atoms with Gasteiger partial charge in [-0.3, -0.25) is 0 Å². The Balaban J connectivity index is 2.21. The summed E-state index contributed by atoms with van der Waals surface area (Å²) >= 11 is 1.48. The molecule has 4 heteroatoms. The van der Waals surface area contributed by atoms with E-state index in [1.807, 2.05) is 26.8 Å². The molecule has 0 amide bonds. The number of hydrogen-bond donors (Lipinski definition) is 1. The first kappa shape index (κ1) is 13.0. The smallest absolute Gasteiger partial charge is 0.346 e. The topological polar surface area (TPSA) is 38.3 Å². The minimum Gasteiger partial charge on any atom is -0.462 e. The van der Waals surface area contributed by atoms with Crippen LogP contribution in [0.15, 0.2) is 33.7 Å². The molecule has 0 atom stereocenters. The molecule has 3 nitrogen and oxygen atoms in total. The third-order valence-electron chi connectivity index (χ3n) is 2.63. The normalized spacial score (nSPS) is 13.9. The number of nitrogens with one attached hydrogen (secondary N) is 1. The van der Waals surface area contributed by atoms with Gasteiger partial charge in [0.15, 0.2) is 0 Å². The fourth-order valence-electron chi connectivity index (χ4n) is 1.72. The van der Waals surface area contributed by atoms with Crippen molar-refractivity contribution in [2.45, 2.75) is 32.1 Å². The molecule has 0 aliphatic carbocycles. The molecule has 1 aromatic carbocycles. The number of allylic oxidation sites excluding steroid dienone is 1. The monoisotopic (exact) mass is 263 g/mol. The molecule has 0 radical (unpaired) electrons. The summed E-state index contributed by atoms with van der Waals surface area (Å²) in [7, 11) is 0. The van der Waals surface area contributed by atoms with Crippen LogP contribution in [0.5, 0.6) is 0 Å². The molecule has 1 N–H and O–H groups in total. The van der Waals surface area contributed by atoms with Gasteiger partial charge in [-0.2, -0.15) is 0 Å². The van der Waals surface area contributed by atoms with Crippen molar-refractivity contribution < 1.29 is 9.53 Å². The number of ether oxygens (including phenoxy) is 1. The number of carbonyl (C=O) groups is 1. The highest BCUT2D eigenvalue weighted by Gasteiger charge is 2.22. The lowest BCUT2D eigenvalue weighted by atomic mass is 10.2. The quantitative estimate of drug-likeness (QED) is 0.844. The second kappa shape index (κ2) is 5.48. The minimum atomic E-state index is -0.237. The van der Waals surface area contributed by atoms with E-state index in [-0.39, 0.29) is 5.97 Å². The van der Waals surface area contributed by atoms with Crippen LogP contribution in [-0.2, 0) is 9.53 Å². The van der Waals surface area contributed by atoms with Gasteiger partial charge in [0.2, 0.25) is 0 Å². The first-order valence-electron chi connectivity index (χ1n) is 6.05. The standard InChI is InChI=1S/C14H17NO2S/c1-4-7-17-14(16)13-10(3)15-11-6-5-9(2)8-12(11)18-13/h5-6,8,15H,4,7H2,1-3H3. The van der Waals surface area contributed by atoms with Crippen LogP contribution in [-0.4, -0.2) is 12.6 Å². The highest BCUT2D eigenvalue weighted by atomic mass is 32.2. The fourth-order valence-corrected chi connectivity index (χ4v) is 2.76. The molecular formula is C14H17NO2S. The van der Waals surface area contributed by atoms with Gasteiger partial charge in [0.1, 0.15) is 4.91 Å². The Morgan fingerprint density at radius 2 is 2.17 bits per heavy atom. The van der Waals surface area contributed by atoms with Gasteiger partial charge in [0.25, 0.3) is 0 Å². The van der Waals surface area contributed by atoms with Crippen LogP contribution in [0.3, 0.4) is 0 Å². The summed E-state index contributed by atoms with van der Waals surface area (Å²) in [5.74, 6) is -0.237. The minimum absolute atomic E-state index is 0.237. The van der Waals surface area contributed by atoms with E-state index in [9.17, 15) is 4.79 Å². The van der Waals surface area contributed by atoms with Crippen molar-refractivity contribution in [3.63, 3.8) is 0 Å². The van der Waals surface area contributed by atoms with Crippen LogP contribution >= 0.6 is 11.8 Å². The van der Waals surface area contributed by atoms with E-state index in [1.54, 1.807) is 0 Å². The SMILES string of the molecule is CCCOC(=O)C1=C(C)Nc2ccc(C)cc2S1. The number of fused-ring (bicyclic) bond motifs is 1. The van der Waals surface area contributed by atoms with Crippen LogP contribution < -0.4 is 5.32 Å². The van der Waals surface area contributed by atoms with Crippen molar-refractivity contribution >= 4 is 23.4 Å². The van der Waals surface area contributed by atoms with Crippen LogP contribution in [0.25, 0.3) is 0 Å². The predicted molar refractivity (Wildman–Crippen MR) is 74.6 cm³/mol. The zero-order chi connectivity index (χ0) is 13.1. The largest absolute Gasteiger partial charge is 0.462 e. The van der Waals surface area contributed by atoms with Crippen molar-refractivity contribution in [1.29, 1.82) is 0 Å². The number of carbonyl (C=O) groups excluding carboxylic acids is 1. The first-order chi connectivity index (χ1) is 8.61. The van der Waals surface area contributed by atoms with E-state index in [0.717, 1.165) is 22.7 Å². The van der Waals surface area contributed by atoms with Gasteiger partial charge >= 0.3 is 5.97 Å². The molecule has 1 aromatic rings. The van der Waals surface area contributed by atoms with Crippen molar-refractivity contribution in [3.8, 4) is 0 Å².